The van der Waals surface area contributed by atoms with Crippen LogP contribution in [0.2, 0.25) is 0 Å². The predicted octanol–water partition coefficient (Wildman–Crippen LogP) is 4.20. The molecular formula is C18H18ClF2N3OS. The second kappa shape index (κ2) is 8.53. The number of rotatable bonds is 5. The van der Waals surface area contributed by atoms with Crippen LogP contribution in [-0.4, -0.2) is 43.0 Å². The van der Waals surface area contributed by atoms with Gasteiger partial charge in [0.25, 0.3) is 5.91 Å². The van der Waals surface area contributed by atoms with Crippen LogP contribution in [-0.2, 0) is 0 Å². The number of carbonyl (C=O) groups is 1. The zero-order valence-corrected chi connectivity index (χ0v) is 15.9. The lowest BCUT2D eigenvalue weighted by atomic mass is 10.2. The largest absolute Gasteiger partial charge is 0.308 e. The molecule has 2 aromatic carbocycles. The third-order valence-electron chi connectivity index (χ3n) is 3.69. The summed E-state index contributed by atoms with van der Waals surface area (Å²) in [6, 6.07) is 10.1. The Morgan fingerprint density at radius 2 is 1.85 bits per heavy atom. The number of benzene rings is 2. The van der Waals surface area contributed by atoms with Gasteiger partial charge < -0.3 is 4.90 Å². The molecule has 0 spiro atoms. The van der Waals surface area contributed by atoms with E-state index in [0.29, 0.717) is 28.4 Å². The van der Waals surface area contributed by atoms with Gasteiger partial charge in [-0.2, -0.15) is 0 Å². The SMILES string of the molecule is CN(C)CCN(C(=O)c1ccccc1F)c1nc2ccc(F)cc2s1.Cl. The molecule has 1 amide bonds. The van der Waals surface area contributed by atoms with Crippen molar-refractivity contribution >= 4 is 45.0 Å². The lowest BCUT2D eigenvalue weighted by Crippen LogP contribution is -2.37. The van der Waals surface area contributed by atoms with Crippen LogP contribution < -0.4 is 4.90 Å². The van der Waals surface area contributed by atoms with Gasteiger partial charge in [0.2, 0.25) is 0 Å². The monoisotopic (exact) mass is 397 g/mol. The number of nitrogens with zero attached hydrogens (tertiary/aromatic N) is 3. The quantitative estimate of drug-likeness (QED) is 0.647. The van der Waals surface area contributed by atoms with Gasteiger partial charge in [0.15, 0.2) is 5.13 Å². The summed E-state index contributed by atoms with van der Waals surface area (Å²) in [7, 11) is 3.78. The Morgan fingerprint density at radius 3 is 2.54 bits per heavy atom. The minimum absolute atomic E-state index is 0. The fourth-order valence-electron chi connectivity index (χ4n) is 2.37. The molecule has 3 aromatic rings. The first-order valence-electron chi connectivity index (χ1n) is 7.73. The number of halogens is 3. The molecule has 0 saturated heterocycles. The van der Waals surface area contributed by atoms with Crippen LogP contribution in [0.3, 0.4) is 0 Å². The molecular weight excluding hydrogens is 380 g/mol. The molecule has 138 valence electrons. The van der Waals surface area contributed by atoms with Crippen LogP contribution in [0.25, 0.3) is 10.2 Å². The van der Waals surface area contributed by atoms with Crippen molar-refractivity contribution in [3.63, 3.8) is 0 Å². The molecule has 8 heteroatoms. The summed E-state index contributed by atoms with van der Waals surface area (Å²) in [6.07, 6.45) is 0. The number of aromatic nitrogens is 1. The maximum Gasteiger partial charge on any atom is 0.263 e. The standard InChI is InChI=1S/C18H17F2N3OS.ClH/c1-22(2)9-10-23(17(24)13-5-3-4-6-14(13)20)18-21-15-8-7-12(19)11-16(15)25-18;/h3-8,11H,9-10H2,1-2H3;1H. The lowest BCUT2D eigenvalue weighted by molar-refractivity contribution is 0.0981. The summed E-state index contributed by atoms with van der Waals surface area (Å²) in [5, 5.41) is 0.427. The van der Waals surface area contributed by atoms with Crippen molar-refractivity contribution in [2.45, 2.75) is 0 Å². The first kappa shape index (κ1) is 20.2. The van der Waals surface area contributed by atoms with Gasteiger partial charge in [0, 0.05) is 13.1 Å². The lowest BCUT2D eigenvalue weighted by Gasteiger charge is -2.22. The third-order valence-corrected chi connectivity index (χ3v) is 4.73. The number of hydrogen-bond donors (Lipinski definition) is 0. The Kier molecular flexibility index (Phi) is 6.63. The van der Waals surface area contributed by atoms with Crippen LogP contribution in [0.15, 0.2) is 42.5 Å². The summed E-state index contributed by atoms with van der Waals surface area (Å²) < 4.78 is 28.1. The van der Waals surface area contributed by atoms with Crippen molar-refractivity contribution in [3.8, 4) is 0 Å². The van der Waals surface area contributed by atoms with Crippen molar-refractivity contribution in [1.29, 1.82) is 0 Å². The van der Waals surface area contributed by atoms with Gasteiger partial charge in [-0.15, -0.1) is 12.4 Å². The van der Waals surface area contributed by atoms with E-state index in [9.17, 15) is 13.6 Å². The molecule has 0 atom stereocenters. The van der Waals surface area contributed by atoms with Gasteiger partial charge in [-0.1, -0.05) is 23.5 Å². The van der Waals surface area contributed by atoms with Crippen molar-refractivity contribution in [3.05, 3.63) is 59.7 Å². The number of anilines is 1. The second-order valence-electron chi connectivity index (χ2n) is 5.85. The van der Waals surface area contributed by atoms with E-state index >= 15 is 0 Å². The van der Waals surface area contributed by atoms with E-state index < -0.39 is 11.7 Å². The van der Waals surface area contributed by atoms with E-state index in [2.05, 4.69) is 4.98 Å². The van der Waals surface area contributed by atoms with Crippen molar-refractivity contribution in [2.75, 3.05) is 32.1 Å². The highest BCUT2D eigenvalue weighted by Gasteiger charge is 2.23. The highest BCUT2D eigenvalue weighted by Crippen LogP contribution is 2.30. The van der Waals surface area contributed by atoms with Crippen LogP contribution in [0.4, 0.5) is 13.9 Å². The Balaban J connectivity index is 0.00000243. The summed E-state index contributed by atoms with van der Waals surface area (Å²) in [5.41, 5.74) is 0.601. The maximum atomic E-state index is 14.0. The summed E-state index contributed by atoms with van der Waals surface area (Å²) in [6.45, 7) is 0.937. The Hall–Kier alpha value is -2.09. The Labute approximate surface area is 160 Å². The molecule has 26 heavy (non-hydrogen) atoms. The Morgan fingerprint density at radius 1 is 1.12 bits per heavy atom. The van der Waals surface area contributed by atoms with Gasteiger partial charge in [-0.3, -0.25) is 9.69 Å². The van der Waals surface area contributed by atoms with Crippen LogP contribution >= 0.6 is 23.7 Å². The van der Waals surface area contributed by atoms with Crippen LogP contribution in [0.5, 0.6) is 0 Å². The highest BCUT2D eigenvalue weighted by atomic mass is 35.5. The molecule has 0 unspecified atom stereocenters. The van der Waals surface area contributed by atoms with Crippen molar-refractivity contribution in [2.24, 2.45) is 0 Å². The third kappa shape index (κ3) is 4.35. The molecule has 0 radical (unpaired) electrons. The fourth-order valence-corrected chi connectivity index (χ4v) is 3.38. The summed E-state index contributed by atoms with van der Waals surface area (Å²) >= 11 is 1.21. The van der Waals surface area contributed by atoms with E-state index in [1.807, 2.05) is 19.0 Å². The zero-order chi connectivity index (χ0) is 18.0. The van der Waals surface area contributed by atoms with Crippen LogP contribution in [0.1, 0.15) is 10.4 Å². The topological polar surface area (TPSA) is 36.4 Å². The maximum absolute atomic E-state index is 14.0. The average Bonchev–Trinajstić information content (AvgIpc) is 2.97. The molecule has 0 saturated carbocycles. The molecule has 0 aliphatic rings. The van der Waals surface area contributed by atoms with Crippen LogP contribution in [0, 0.1) is 11.6 Å². The minimum atomic E-state index is -0.575. The van der Waals surface area contributed by atoms with Crippen molar-refractivity contribution in [1.82, 2.24) is 9.88 Å². The van der Waals surface area contributed by atoms with Gasteiger partial charge in [0.1, 0.15) is 11.6 Å². The molecule has 3 rings (SSSR count). The zero-order valence-electron chi connectivity index (χ0n) is 14.3. The van der Waals surface area contributed by atoms with E-state index in [1.165, 1.54) is 46.6 Å². The first-order chi connectivity index (χ1) is 12.0. The van der Waals surface area contributed by atoms with E-state index in [1.54, 1.807) is 12.1 Å². The normalized spacial score (nSPS) is 10.8. The average molecular weight is 398 g/mol. The summed E-state index contributed by atoms with van der Waals surface area (Å²) in [5.74, 6) is -1.39. The number of thiazole rings is 1. The van der Waals surface area contributed by atoms with Crippen molar-refractivity contribution < 1.29 is 13.6 Å². The number of likely N-dealkylation sites (N-methyl/N-ethyl adjacent to an activating group) is 1. The number of hydrogen-bond acceptors (Lipinski definition) is 4. The predicted molar refractivity (Wildman–Crippen MR) is 103 cm³/mol. The van der Waals surface area contributed by atoms with Gasteiger partial charge in [0.05, 0.1) is 15.8 Å². The molecule has 1 heterocycles. The molecule has 0 bridgehead atoms. The first-order valence-corrected chi connectivity index (χ1v) is 8.54. The molecule has 4 nitrogen and oxygen atoms in total. The van der Waals surface area contributed by atoms with Gasteiger partial charge >= 0.3 is 0 Å². The van der Waals surface area contributed by atoms with E-state index in [-0.39, 0.29) is 23.8 Å². The molecule has 0 aliphatic carbocycles. The van der Waals surface area contributed by atoms with Gasteiger partial charge in [-0.05, 0) is 44.4 Å². The summed E-state index contributed by atoms with van der Waals surface area (Å²) in [4.78, 5) is 20.7. The molecule has 0 N–H and O–H groups in total. The smallest absolute Gasteiger partial charge is 0.263 e. The number of fused-ring (bicyclic) bond motifs is 1. The second-order valence-corrected chi connectivity index (χ2v) is 6.86. The number of carbonyl (C=O) groups excluding carboxylic acids is 1. The minimum Gasteiger partial charge on any atom is -0.308 e. The fraction of sp³-hybridized carbons (Fsp3) is 0.222. The van der Waals surface area contributed by atoms with E-state index in [4.69, 9.17) is 0 Å². The number of amides is 1. The highest BCUT2D eigenvalue weighted by molar-refractivity contribution is 7.22. The van der Waals surface area contributed by atoms with E-state index in [0.717, 1.165) is 0 Å². The Bertz CT molecular complexity index is 916. The molecule has 0 fully saturated rings. The molecule has 1 aromatic heterocycles. The molecule has 0 aliphatic heterocycles. The van der Waals surface area contributed by atoms with Gasteiger partial charge in [-0.25, -0.2) is 13.8 Å².